The molecule has 2 aromatic heterocycles. The molecule has 6 N–H and O–H groups in total. The van der Waals surface area contributed by atoms with E-state index in [1.807, 2.05) is 0 Å². The van der Waals surface area contributed by atoms with E-state index in [0.717, 1.165) is 0 Å². The molecule has 6 atom stereocenters. The largest absolute Gasteiger partial charge is 0.387 e. The van der Waals surface area contributed by atoms with E-state index in [9.17, 15) is 28.6 Å². The highest BCUT2D eigenvalue weighted by atomic mass is 35.5. The number of ether oxygens (including phenoxy) is 1. The van der Waals surface area contributed by atoms with Gasteiger partial charge in [-0.2, -0.15) is 5.10 Å². The van der Waals surface area contributed by atoms with E-state index in [1.54, 1.807) is 31.2 Å². The lowest BCUT2D eigenvalue weighted by Crippen LogP contribution is -2.35. The molecule has 1 fully saturated rings. The summed E-state index contributed by atoms with van der Waals surface area (Å²) >= 11 is 6.20. The number of rotatable bonds is 9. The van der Waals surface area contributed by atoms with Crippen molar-refractivity contribution in [2.24, 2.45) is 0 Å². The molecule has 202 valence electrons. The first kappa shape index (κ1) is 28.1. The number of aliphatic hydroxyl groups excluding tert-OH is 2. The third-order valence-corrected chi connectivity index (χ3v) is 9.26. The predicted octanol–water partition coefficient (Wildman–Crippen LogP) is 2.18. The summed E-state index contributed by atoms with van der Waals surface area (Å²) < 4.78 is 48.7. The van der Waals surface area contributed by atoms with Gasteiger partial charge in [0.05, 0.1) is 29.9 Å². The van der Waals surface area contributed by atoms with Crippen LogP contribution >= 0.6 is 26.8 Å². The molecule has 1 aliphatic heterocycles. The van der Waals surface area contributed by atoms with E-state index in [1.165, 1.54) is 16.9 Å². The fourth-order valence-corrected chi connectivity index (χ4v) is 6.78. The Morgan fingerprint density at radius 2 is 1.95 bits per heavy atom. The fraction of sp³-hybridized carbons (Fsp3) is 0.400. The second-order valence-corrected chi connectivity index (χ2v) is 12.9. The Morgan fingerprint density at radius 3 is 2.62 bits per heavy atom. The number of nitrogens with zero attached hydrogens (tertiary/aromatic N) is 3. The molecule has 3 aromatic rings. The van der Waals surface area contributed by atoms with Gasteiger partial charge in [0.15, 0.2) is 17.8 Å². The monoisotopic (exact) mass is 580 g/mol. The van der Waals surface area contributed by atoms with Crippen molar-refractivity contribution in [2.45, 2.75) is 44.1 Å². The van der Waals surface area contributed by atoms with Gasteiger partial charge in [-0.05, 0) is 19.1 Å². The van der Waals surface area contributed by atoms with Gasteiger partial charge in [-0.3, -0.25) is 13.7 Å². The molecule has 1 unspecified atom stereocenters. The zero-order chi connectivity index (χ0) is 27.1. The second kappa shape index (κ2) is 10.7. The molecule has 4 rings (SSSR count). The lowest BCUT2D eigenvalue weighted by molar-refractivity contribution is -0.115. The van der Waals surface area contributed by atoms with Crippen molar-refractivity contribution in [3.05, 3.63) is 53.1 Å². The van der Waals surface area contributed by atoms with Crippen molar-refractivity contribution in [3.8, 4) is 0 Å². The van der Waals surface area contributed by atoms with Crippen LogP contribution in [0.25, 0.3) is 11.0 Å². The highest BCUT2D eigenvalue weighted by molar-refractivity contribution is 7.70. The Balaban J connectivity index is 1.53. The Bertz CT molecular complexity index is 1390. The van der Waals surface area contributed by atoms with E-state index in [4.69, 9.17) is 30.6 Å². The molecule has 0 saturated carbocycles. The molecule has 0 radical (unpaired) electrons. The molecule has 13 nitrogen and oxygen atoms in total. The minimum absolute atomic E-state index is 0.0882. The molecule has 1 saturated heterocycles. The molecule has 17 heteroatoms. The van der Waals surface area contributed by atoms with Crippen LogP contribution in [0.4, 0.5) is 10.1 Å². The molecule has 3 heterocycles. The number of pyridine rings is 1. The van der Waals surface area contributed by atoms with Crippen LogP contribution in [0.1, 0.15) is 18.5 Å². The van der Waals surface area contributed by atoms with E-state index in [-0.39, 0.29) is 23.2 Å². The first-order valence-electron chi connectivity index (χ1n) is 10.8. The summed E-state index contributed by atoms with van der Waals surface area (Å²) in [4.78, 5) is 31.9. The van der Waals surface area contributed by atoms with E-state index in [2.05, 4.69) is 15.4 Å². The average Bonchev–Trinajstić information content (AvgIpc) is 3.28. The van der Waals surface area contributed by atoms with Crippen molar-refractivity contribution in [2.75, 3.05) is 11.2 Å². The van der Waals surface area contributed by atoms with E-state index < -0.39 is 51.7 Å². The van der Waals surface area contributed by atoms with Gasteiger partial charge < -0.3 is 34.9 Å². The van der Waals surface area contributed by atoms with Gasteiger partial charge in [-0.1, -0.05) is 29.8 Å². The molecular weight excluding hydrogens is 557 g/mol. The Labute approximate surface area is 214 Å². The van der Waals surface area contributed by atoms with Crippen molar-refractivity contribution < 1.29 is 47.7 Å². The number of benzene rings is 1. The average molecular weight is 581 g/mol. The predicted molar refractivity (Wildman–Crippen MR) is 129 cm³/mol. The van der Waals surface area contributed by atoms with Crippen LogP contribution in [0.2, 0.25) is 5.15 Å². The summed E-state index contributed by atoms with van der Waals surface area (Å²) in [6.45, 7) is 1.56. The van der Waals surface area contributed by atoms with Gasteiger partial charge in [0, 0.05) is 5.56 Å². The van der Waals surface area contributed by atoms with Crippen molar-refractivity contribution in [1.29, 1.82) is 0 Å². The molecule has 1 aliphatic rings. The minimum Gasteiger partial charge on any atom is -0.387 e. The van der Waals surface area contributed by atoms with Crippen LogP contribution in [0.5, 0.6) is 0 Å². The number of hydrogen-bond acceptors (Lipinski definition) is 9. The van der Waals surface area contributed by atoms with Crippen molar-refractivity contribution in [1.82, 2.24) is 14.8 Å². The van der Waals surface area contributed by atoms with Crippen LogP contribution in [0, 0.1) is 5.82 Å². The Morgan fingerprint density at radius 1 is 1.24 bits per heavy atom. The van der Waals surface area contributed by atoms with Crippen molar-refractivity contribution in [3.63, 3.8) is 0 Å². The zero-order valence-corrected chi connectivity index (χ0v) is 21.7. The summed E-state index contributed by atoms with van der Waals surface area (Å²) in [5, 5.41) is 28.6. The second-order valence-electron chi connectivity index (χ2n) is 8.52. The highest BCUT2D eigenvalue weighted by Gasteiger charge is 2.47. The topological polar surface area (TPSA) is 196 Å². The fourth-order valence-electron chi connectivity index (χ4n) is 3.96. The maximum atomic E-state index is 14.2. The maximum Gasteiger partial charge on any atom is 0.342 e. The van der Waals surface area contributed by atoms with Crippen LogP contribution < -0.4 is 5.32 Å². The number of fused-ring (bicyclic) bond motifs is 1. The molecule has 0 spiro atoms. The van der Waals surface area contributed by atoms with Crippen LogP contribution in [0.15, 0.2) is 36.5 Å². The summed E-state index contributed by atoms with van der Waals surface area (Å²) in [5.74, 6) is -1.87. The van der Waals surface area contributed by atoms with Gasteiger partial charge in [-0.25, -0.2) is 14.1 Å². The number of nitrogens with one attached hydrogen (secondary N) is 1. The van der Waals surface area contributed by atoms with E-state index >= 15 is 0 Å². The molecule has 37 heavy (non-hydrogen) atoms. The first-order valence-corrected chi connectivity index (χ1v) is 14.8. The number of aliphatic hydroxyl groups is 2. The Kier molecular flexibility index (Phi) is 8.08. The smallest absolute Gasteiger partial charge is 0.342 e. The minimum atomic E-state index is -4.91. The van der Waals surface area contributed by atoms with Crippen LogP contribution in [-0.4, -0.2) is 70.2 Å². The van der Waals surface area contributed by atoms with Crippen LogP contribution in [0.3, 0.4) is 0 Å². The van der Waals surface area contributed by atoms with Crippen molar-refractivity contribution >= 4 is 43.5 Å². The van der Waals surface area contributed by atoms with Crippen LogP contribution in [-0.2, 0) is 24.9 Å². The first-order chi connectivity index (χ1) is 17.2. The third kappa shape index (κ3) is 6.55. The van der Waals surface area contributed by atoms with Gasteiger partial charge in [0.2, 0.25) is 0 Å². The van der Waals surface area contributed by atoms with Gasteiger partial charge in [0.1, 0.15) is 29.3 Å². The lowest BCUT2D eigenvalue weighted by atomic mass is 10.1. The summed E-state index contributed by atoms with van der Waals surface area (Å²) in [6.07, 6.45) is -4.97. The number of hydrogen-bond donors (Lipinski definition) is 6. The van der Waals surface area contributed by atoms with Gasteiger partial charge >= 0.3 is 15.2 Å². The third-order valence-electron chi connectivity index (χ3n) is 5.62. The Hall–Kier alpha value is -1.96. The standard InChI is InChI=1S/C20H24ClFN4O9P2/c1-10(11-4-2-3-5-13(11)22)24-14-6-16(21)25-19-12(14)7-23-26(19)8-15-17(27)18(28)20(34-15)35-37(32,33)9-36(29,30)31/h2-7,10,15,17-18,20,27-28H,8-9H2,1H3,(H,24,25)(H,32,33)(H2,29,30,31)/t10-,15-,17-,18-,20+/m0/s1. The molecular formula is C20H24ClFN4O9P2. The molecule has 0 bridgehead atoms. The summed E-state index contributed by atoms with van der Waals surface area (Å²) in [7, 11) is -9.78. The number of halogens is 2. The SMILES string of the molecule is C[C@H](Nc1cc(Cl)nc2c1cnn2C[C@@H]1O[C@H](OP(=O)(O)CP(=O)(O)O)[C@@H](O)[C@H]1O)c1ccccc1F. The molecule has 0 aliphatic carbocycles. The number of anilines is 1. The number of aromatic nitrogens is 3. The van der Waals surface area contributed by atoms with Gasteiger partial charge in [-0.15, -0.1) is 0 Å². The summed E-state index contributed by atoms with van der Waals surface area (Å²) in [5.41, 5.74) is 1.20. The maximum absolute atomic E-state index is 14.2. The highest BCUT2D eigenvalue weighted by Crippen LogP contribution is 2.56. The van der Waals surface area contributed by atoms with Gasteiger partial charge in [0.25, 0.3) is 0 Å². The van der Waals surface area contributed by atoms with E-state index in [0.29, 0.717) is 16.6 Å². The molecule has 1 aromatic carbocycles. The zero-order valence-electron chi connectivity index (χ0n) is 19.1. The summed E-state index contributed by atoms with van der Waals surface area (Å²) in [6, 6.07) is 7.39. The lowest BCUT2D eigenvalue weighted by Gasteiger charge is -2.19. The molecule has 0 amide bonds. The normalized spacial score (nSPS) is 24.8. The quantitative estimate of drug-likeness (QED) is 0.160.